The summed E-state index contributed by atoms with van der Waals surface area (Å²) in [6.07, 6.45) is 0.929. The van der Waals surface area contributed by atoms with Crippen molar-refractivity contribution in [3.8, 4) is 0 Å². The molecule has 0 radical (unpaired) electrons. The summed E-state index contributed by atoms with van der Waals surface area (Å²) in [6, 6.07) is 5.90. The Morgan fingerprint density at radius 3 is 2.34 bits per heavy atom. The summed E-state index contributed by atoms with van der Waals surface area (Å²) in [4.78, 5) is 11.6. The van der Waals surface area contributed by atoms with Crippen LogP contribution in [0.4, 0.5) is 18.9 Å². The van der Waals surface area contributed by atoms with Gasteiger partial charge >= 0.3 is 0 Å². The monoisotopic (exact) mass is 448 g/mol. The van der Waals surface area contributed by atoms with Gasteiger partial charge in [0.05, 0.1) is 16.8 Å². The van der Waals surface area contributed by atoms with Gasteiger partial charge in [-0.2, -0.15) is 0 Å². The maximum absolute atomic E-state index is 14.0. The zero-order chi connectivity index (χ0) is 21.6. The quantitative estimate of drug-likeness (QED) is 0.703. The first-order valence-corrected chi connectivity index (χ1v) is 11.5. The van der Waals surface area contributed by atoms with Crippen molar-refractivity contribution >= 4 is 31.6 Å². The van der Waals surface area contributed by atoms with Crippen molar-refractivity contribution in [2.45, 2.75) is 17.2 Å². The number of carbonyl (C=O) groups excluding carboxylic acids is 1. The van der Waals surface area contributed by atoms with Crippen LogP contribution < -0.4 is 9.44 Å². The Hall–Kier alpha value is -2.60. The van der Waals surface area contributed by atoms with Crippen LogP contribution in [0.3, 0.4) is 0 Å². The van der Waals surface area contributed by atoms with Gasteiger partial charge in [-0.1, -0.05) is 12.1 Å². The minimum absolute atomic E-state index is 0.0233. The maximum Gasteiger partial charge on any atom is 0.264 e. The van der Waals surface area contributed by atoms with Crippen molar-refractivity contribution in [3.05, 3.63) is 59.4 Å². The first-order chi connectivity index (χ1) is 13.4. The number of hydrogen-bond donors (Lipinski definition) is 2. The van der Waals surface area contributed by atoms with Crippen LogP contribution in [0.15, 0.2) is 41.3 Å². The first kappa shape index (κ1) is 21.1. The molecule has 0 spiro atoms. The first-order valence-electron chi connectivity index (χ1n) is 8.17. The molecule has 3 rings (SSSR count). The van der Waals surface area contributed by atoms with E-state index in [1.165, 1.54) is 12.1 Å². The van der Waals surface area contributed by atoms with Crippen molar-refractivity contribution in [2.75, 3.05) is 11.0 Å². The number of amides is 1. The van der Waals surface area contributed by atoms with Gasteiger partial charge in [-0.15, -0.1) is 0 Å². The maximum atomic E-state index is 14.0. The minimum Gasteiger partial charge on any atom is -0.281 e. The van der Waals surface area contributed by atoms with Crippen LogP contribution in [0.25, 0.3) is 0 Å². The number of benzene rings is 2. The van der Waals surface area contributed by atoms with Crippen molar-refractivity contribution < 1.29 is 34.8 Å². The van der Waals surface area contributed by atoms with E-state index < -0.39 is 65.8 Å². The fourth-order valence-corrected chi connectivity index (χ4v) is 4.45. The van der Waals surface area contributed by atoms with E-state index in [0.717, 1.165) is 24.5 Å². The molecular formula is C17H15F3N2O5S2. The largest absolute Gasteiger partial charge is 0.281 e. The lowest BCUT2D eigenvalue weighted by Crippen LogP contribution is -2.32. The highest BCUT2D eigenvalue weighted by molar-refractivity contribution is 7.92. The van der Waals surface area contributed by atoms with Gasteiger partial charge in [0.25, 0.3) is 10.0 Å². The molecule has 29 heavy (non-hydrogen) atoms. The number of carbonyl (C=O) groups is 1. The van der Waals surface area contributed by atoms with Gasteiger partial charge in [-0.05, 0) is 42.2 Å². The van der Waals surface area contributed by atoms with Crippen LogP contribution in [0.1, 0.15) is 17.9 Å². The van der Waals surface area contributed by atoms with Gasteiger partial charge in [0.15, 0.2) is 11.6 Å². The average Bonchev–Trinajstić information content (AvgIpc) is 3.38. The van der Waals surface area contributed by atoms with E-state index in [-0.39, 0.29) is 12.0 Å². The van der Waals surface area contributed by atoms with Crippen molar-refractivity contribution in [1.29, 1.82) is 0 Å². The number of anilines is 1. The van der Waals surface area contributed by atoms with E-state index >= 15 is 0 Å². The van der Waals surface area contributed by atoms with Crippen LogP contribution in [-0.4, -0.2) is 29.0 Å². The highest BCUT2D eigenvalue weighted by Crippen LogP contribution is 2.48. The lowest BCUT2D eigenvalue weighted by molar-refractivity contribution is -0.120. The molecule has 1 fully saturated rings. The highest BCUT2D eigenvalue weighted by atomic mass is 32.2. The van der Waals surface area contributed by atoms with Crippen LogP contribution in [0.2, 0.25) is 0 Å². The van der Waals surface area contributed by atoms with Gasteiger partial charge in [0.2, 0.25) is 15.9 Å². The molecule has 0 saturated heterocycles. The second kappa shape index (κ2) is 7.34. The van der Waals surface area contributed by atoms with Crippen LogP contribution in [0, 0.1) is 23.4 Å². The zero-order valence-corrected chi connectivity index (χ0v) is 16.5. The van der Waals surface area contributed by atoms with Gasteiger partial charge < -0.3 is 0 Å². The third-order valence-electron chi connectivity index (χ3n) is 4.29. The van der Waals surface area contributed by atoms with E-state index in [0.29, 0.717) is 6.07 Å². The molecular weight excluding hydrogens is 433 g/mol. The van der Waals surface area contributed by atoms with Crippen LogP contribution in [-0.2, 0) is 24.8 Å². The number of halogens is 3. The summed E-state index contributed by atoms with van der Waals surface area (Å²) in [6.45, 7) is 0. The topological polar surface area (TPSA) is 109 Å². The predicted octanol–water partition coefficient (Wildman–Crippen LogP) is 2.08. The Kier molecular flexibility index (Phi) is 5.34. The molecule has 2 aromatic carbocycles. The Bertz CT molecular complexity index is 1200. The molecule has 2 N–H and O–H groups in total. The fraction of sp³-hybridized carbons (Fsp3) is 0.235. The standard InChI is InChI=1S/C17H15F3N2O5S2/c1-28(24,25)21-15-6-5-9(7-14(15)19)29(26,27)22-17(23)12-8-11(12)10-3-2-4-13(18)16(10)20/h2-7,11-12,21H,8H2,1H3,(H,22,23). The summed E-state index contributed by atoms with van der Waals surface area (Å²) in [5.74, 6) is -5.79. The fourth-order valence-electron chi connectivity index (χ4n) is 2.85. The van der Waals surface area contributed by atoms with E-state index in [4.69, 9.17) is 0 Å². The smallest absolute Gasteiger partial charge is 0.264 e. The third kappa shape index (κ3) is 4.70. The highest BCUT2D eigenvalue weighted by Gasteiger charge is 2.46. The molecule has 2 atom stereocenters. The third-order valence-corrected chi connectivity index (χ3v) is 6.22. The molecule has 156 valence electrons. The summed E-state index contributed by atoms with van der Waals surface area (Å²) in [5.41, 5.74) is -0.480. The van der Waals surface area contributed by atoms with E-state index in [1.807, 2.05) is 4.72 Å². The summed E-state index contributed by atoms with van der Waals surface area (Å²) in [5, 5.41) is 0. The summed E-state index contributed by atoms with van der Waals surface area (Å²) < 4.78 is 91.7. The van der Waals surface area contributed by atoms with Crippen molar-refractivity contribution in [3.63, 3.8) is 0 Å². The predicted molar refractivity (Wildman–Crippen MR) is 97.4 cm³/mol. The summed E-state index contributed by atoms with van der Waals surface area (Å²) in [7, 11) is -8.23. The molecule has 2 aromatic rings. The number of hydrogen-bond acceptors (Lipinski definition) is 5. The molecule has 1 saturated carbocycles. The Morgan fingerprint density at radius 1 is 1.03 bits per heavy atom. The van der Waals surface area contributed by atoms with Gasteiger partial charge in [-0.25, -0.2) is 34.7 Å². The Balaban J connectivity index is 1.74. The molecule has 12 heteroatoms. The minimum atomic E-state index is -4.46. The molecule has 1 aliphatic rings. The molecule has 1 amide bonds. The van der Waals surface area contributed by atoms with Gasteiger partial charge in [0.1, 0.15) is 5.82 Å². The lowest BCUT2D eigenvalue weighted by Gasteiger charge is -2.10. The van der Waals surface area contributed by atoms with Crippen molar-refractivity contribution in [1.82, 2.24) is 4.72 Å². The van der Waals surface area contributed by atoms with E-state index in [9.17, 15) is 34.8 Å². The molecule has 7 nitrogen and oxygen atoms in total. The Labute approximate surface area is 165 Å². The van der Waals surface area contributed by atoms with Crippen LogP contribution >= 0.6 is 0 Å². The molecule has 2 unspecified atom stereocenters. The summed E-state index contributed by atoms with van der Waals surface area (Å²) >= 11 is 0. The average molecular weight is 448 g/mol. The van der Waals surface area contributed by atoms with Crippen molar-refractivity contribution in [2.24, 2.45) is 5.92 Å². The molecule has 0 bridgehead atoms. The Morgan fingerprint density at radius 2 is 1.72 bits per heavy atom. The van der Waals surface area contributed by atoms with Gasteiger partial charge in [0, 0.05) is 5.92 Å². The van der Waals surface area contributed by atoms with Crippen LogP contribution in [0.5, 0.6) is 0 Å². The molecule has 0 aromatic heterocycles. The van der Waals surface area contributed by atoms with Gasteiger partial charge in [-0.3, -0.25) is 9.52 Å². The number of rotatable bonds is 6. The second-order valence-corrected chi connectivity index (χ2v) is 10.0. The number of sulfonamides is 2. The lowest BCUT2D eigenvalue weighted by atomic mass is 10.1. The van der Waals surface area contributed by atoms with E-state index in [1.54, 1.807) is 4.72 Å². The zero-order valence-electron chi connectivity index (χ0n) is 14.8. The molecule has 1 aliphatic carbocycles. The molecule has 0 aliphatic heterocycles. The van der Waals surface area contributed by atoms with E-state index in [2.05, 4.69) is 0 Å². The molecule has 0 heterocycles. The number of nitrogens with one attached hydrogen (secondary N) is 2. The normalized spacial score (nSPS) is 18.9. The second-order valence-electron chi connectivity index (χ2n) is 6.58. The SMILES string of the molecule is CS(=O)(=O)Nc1ccc(S(=O)(=O)NC(=O)C2CC2c2cccc(F)c2F)cc1F.